The first-order valence-corrected chi connectivity index (χ1v) is 10.5. The molecule has 0 aromatic carbocycles. The normalized spacial score (nSPS) is 17.6. The lowest BCUT2D eigenvalue weighted by atomic mass is 10.4. The zero-order valence-electron chi connectivity index (χ0n) is 11.8. The highest BCUT2D eigenvalue weighted by Gasteiger charge is 2.32. The number of rotatable bonds is 6. The molecule has 104 valence electrons. The van der Waals surface area contributed by atoms with E-state index in [1.54, 1.807) is 0 Å². The predicted octanol–water partition coefficient (Wildman–Crippen LogP) is 1.96. The molecule has 0 atom stereocenters. The molecular weight excluding hydrogens is 252 g/mol. The minimum Gasteiger partial charge on any atom is -0.424 e. The van der Waals surface area contributed by atoms with E-state index in [9.17, 15) is 0 Å². The summed E-state index contributed by atoms with van der Waals surface area (Å²) in [6.07, 6.45) is 2.75. The summed E-state index contributed by atoms with van der Waals surface area (Å²) >= 11 is 0. The summed E-state index contributed by atoms with van der Waals surface area (Å²) in [6, 6.07) is 1.42. The maximum atomic E-state index is 5.40. The van der Waals surface area contributed by atoms with Gasteiger partial charge in [-0.1, -0.05) is 6.42 Å². The van der Waals surface area contributed by atoms with Gasteiger partial charge in [0.05, 0.1) is 0 Å². The molecule has 6 heteroatoms. The minimum absolute atomic E-state index is 0.00849. The summed E-state index contributed by atoms with van der Waals surface area (Å²) in [5, 5.41) is 0. The Balaban J connectivity index is 0.000000354. The Morgan fingerprint density at radius 3 is 1.71 bits per heavy atom. The van der Waals surface area contributed by atoms with Crippen LogP contribution in [0.5, 0.6) is 0 Å². The molecule has 1 saturated heterocycles. The smallest absolute Gasteiger partial charge is 0.424 e. The summed E-state index contributed by atoms with van der Waals surface area (Å²) < 4.78 is 21.4. The van der Waals surface area contributed by atoms with E-state index >= 15 is 0 Å². The molecule has 1 heterocycles. The fraction of sp³-hybridized carbons (Fsp3) is 1.00. The first kappa shape index (κ1) is 17.3. The molecule has 0 unspecified atom stereocenters. The third-order valence-electron chi connectivity index (χ3n) is 2.30. The van der Waals surface area contributed by atoms with Gasteiger partial charge < -0.3 is 17.7 Å². The fourth-order valence-electron chi connectivity index (χ4n) is 1.60. The van der Waals surface area contributed by atoms with Crippen molar-refractivity contribution in [3.63, 3.8) is 0 Å². The molecule has 0 aromatic rings. The fourth-order valence-corrected chi connectivity index (χ4v) is 4.59. The van der Waals surface area contributed by atoms with Gasteiger partial charge in [0.2, 0.25) is 0 Å². The first-order chi connectivity index (χ1) is 8.18. The molecule has 0 amide bonds. The minimum atomic E-state index is -2.25. The lowest BCUT2D eigenvalue weighted by Gasteiger charge is -2.23. The van der Waals surface area contributed by atoms with Crippen LogP contribution in [0.2, 0.25) is 12.6 Å². The van der Waals surface area contributed by atoms with Crippen LogP contribution in [0.1, 0.15) is 33.6 Å². The standard InChI is InChI=1S/C7H18O3Si.C4H10OSi/c1-5-8-11(4,9-6-2)10-7-3;1-2-4-6-5-3-1/h5-7H2,1-4H3;1-4,6H2. The zero-order valence-corrected chi connectivity index (χ0v) is 14.2. The van der Waals surface area contributed by atoms with Crippen LogP contribution in [-0.2, 0) is 17.7 Å². The molecule has 0 radical (unpaired) electrons. The van der Waals surface area contributed by atoms with Crippen LogP contribution in [0.3, 0.4) is 0 Å². The van der Waals surface area contributed by atoms with E-state index in [4.69, 9.17) is 17.7 Å². The topological polar surface area (TPSA) is 36.9 Å². The predicted molar refractivity (Wildman–Crippen MR) is 75.0 cm³/mol. The van der Waals surface area contributed by atoms with Crippen molar-refractivity contribution in [1.82, 2.24) is 0 Å². The van der Waals surface area contributed by atoms with Gasteiger partial charge >= 0.3 is 8.80 Å². The SMILES string of the molecule is C1CC[SiH2]OC1.CCO[Si](C)(OCC)OCC. The van der Waals surface area contributed by atoms with Crippen molar-refractivity contribution in [2.24, 2.45) is 0 Å². The summed E-state index contributed by atoms with van der Waals surface area (Å²) in [4.78, 5) is 0. The second-order valence-corrected chi connectivity index (χ2v) is 7.95. The highest BCUT2D eigenvalue weighted by Crippen LogP contribution is 2.08. The van der Waals surface area contributed by atoms with Gasteiger partial charge in [0.25, 0.3) is 0 Å². The summed E-state index contributed by atoms with van der Waals surface area (Å²) in [5.74, 6) is 0. The number of hydrogen-bond acceptors (Lipinski definition) is 4. The summed E-state index contributed by atoms with van der Waals surface area (Å²) in [5.41, 5.74) is 0. The molecule has 0 N–H and O–H groups in total. The largest absolute Gasteiger partial charge is 0.497 e. The molecule has 1 aliphatic rings. The Morgan fingerprint density at radius 2 is 1.53 bits per heavy atom. The van der Waals surface area contributed by atoms with E-state index in [1.807, 2.05) is 27.3 Å². The van der Waals surface area contributed by atoms with Gasteiger partial charge in [0, 0.05) is 33.0 Å². The van der Waals surface area contributed by atoms with Gasteiger partial charge in [0.15, 0.2) is 9.76 Å². The molecular formula is C11H28O4Si2. The van der Waals surface area contributed by atoms with Crippen LogP contribution >= 0.6 is 0 Å². The highest BCUT2D eigenvalue weighted by molar-refractivity contribution is 6.59. The van der Waals surface area contributed by atoms with Crippen molar-refractivity contribution in [3.05, 3.63) is 0 Å². The van der Waals surface area contributed by atoms with Crippen molar-refractivity contribution >= 4 is 18.6 Å². The lowest BCUT2D eigenvalue weighted by molar-refractivity contribution is 0.0783. The molecule has 0 saturated carbocycles. The molecule has 4 nitrogen and oxygen atoms in total. The van der Waals surface area contributed by atoms with E-state index in [0.717, 1.165) is 6.61 Å². The highest BCUT2D eigenvalue weighted by atomic mass is 28.4. The van der Waals surface area contributed by atoms with E-state index in [0.29, 0.717) is 19.8 Å². The summed E-state index contributed by atoms with van der Waals surface area (Å²) in [6.45, 7) is 10.8. The van der Waals surface area contributed by atoms with E-state index < -0.39 is 8.80 Å². The Bertz CT molecular complexity index is 137. The Kier molecular flexibility index (Phi) is 11.6. The molecule has 0 bridgehead atoms. The van der Waals surface area contributed by atoms with E-state index in [2.05, 4.69) is 0 Å². The quantitative estimate of drug-likeness (QED) is 0.697. The van der Waals surface area contributed by atoms with Crippen LogP contribution in [0.25, 0.3) is 0 Å². The van der Waals surface area contributed by atoms with Crippen molar-refractivity contribution < 1.29 is 17.7 Å². The second kappa shape index (κ2) is 11.4. The maximum Gasteiger partial charge on any atom is 0.497 e. The van der Waals surface area contributed by atoms with Crippen molar-refractivity contribution in [1.29, 1.82) is 0 Å². The maximum absolute atomic E-state index is 5.40. The molecule has 17 heavy (non-hydrogen) atoms. The van der Waals surface area contributed by atoms with Crippen LogP contribution in [0.15, 0.2) is 0 Å². The van der Waals surface area contributed by atoms with Crippen molar-refractivity contribution in [2.75, 3.05) is 26.4 Å². The monoisotopic (exact) mass is 280 g/mol. The van der Waals surface area contributed by atoms with Crippen molar-refractivity contribution in [2.45, 2.75) is 46.2 Å². The van der Waals surface area contributed by atoms with E-state index in [-0.39, 0.29) is 9.76 Å². The molecule has 1 rings (SSSR count). The van der Waals surface area contributed by atoms with Gasteiger partial charge in [-0.2, -0.15) is 0 Å². The van der Waals surface area contributed by atoms with Gasteiger partial charge in [0.1, 0.15) is 0 Å². The first-order valence-electron chi connectivity index (χ1n) is 6.68. The van der Waals surface area contributed by atoms with Crippen LogP contribution in [0, 0.1) is 0 Å². The van der Waals surface area contributed by atoms with E-state index in [1.165, 1.54) is 18.9 Å². The van der Waals surface area contributed by atoms with Crippen LogP contribution in [0.4, 0.5) is 0 Å². The third kappa shape index (κ3) is 9.93. The van der Waals surface area contributed by atoms with Gasteiger partial charge in [-0.3, -0.25) is 0 Å². The zero-order chi connectivity index (χ0) is 13.0. The van der Waals surface area contributed by atoms with Crippen LogP contribution < -0.4 is 0 Å². The second-order valence-electron chi connectivity index (χ2n) is 3.83. The average Bonchev–Trinajstić information content (AvgIpc) is 2.33. The number of hydrogen-bond donors (Lipinski definition) is 0. The Morgan fingerprint density at radius 1 is 1.00 bits per heavy atom. The van der Waals surface area contributed by atoms with Crippen LogP contribution in [-0.4, -0.2) is 45.0 Å². The Labute approximate surface area is 109 Å². The lowest BCUT2D eigenvalue weighted by Crippen LogP contribution is -2.42. The molecule has 0 spiro atoms. The van der Waals surface area contributed by atoms with Crippen molar-refractivity contribution in [3.8, 4) is 0 Å². The Hall–Kier alpha value is 0.274. The van der Waals surface area contributed by atoms with Gasteiger partial charge in [-0.15, -0.1) is 0 Å². The van der Waals surface area contributed by atoms with Gasteiger partial charge in [-0.05, 0) is 33.2 Å². The molecule has 0 aromatic heterocycles. The molecule has 1 aliphatic heterocycles. The van der Waals surface area contributed by atoms with Gasteiger partial charge in [-0.25, -0.2) is 0 Å². The molecule has 0 aliphatic carbocycles. The molecule has 1 fully saturated rings. The third-order valence-corrected chi connectivity index (χ3v) is 6.10. The average molecular weight is 281 g/mol. The summed E-state index contributed by atoms with van der Waals surface area (Å²) in [7, 11) is -2.24.